The van der Waals surface area contributed by atoms with Crippen LogP contribution in [0, 0.1) is 5.92 Å². The highest BCUT2D eigenvalue weighted by Crippen LogP contribution is 2.23. The van der Waals surface area contributed by atoms with Crippen molar-refractivity contribution in [1.82, 2.24) is 18.7 Å². The van der Waals surface area contributed by atoms with Gasteiger partial charge in [0.1, 0.15) is 6.54 Å². The maximum absolute atomic E-state index is 13.0. The predicted octanol–water partition coefficient (Wildman–Crippen LogP) is -0.376. The van der Waals surface area contributed by atoms with E-state index in [1.165, 1.54) is 14.1 Å². The number of rotatable bonds is 5. The maximum atomic E-state index is 13.0. The Hall–Kier alpha value is -2.91. The van der Waals surface area contributed by atoms with Gasteiger partial charge in [-0.25, -0.2) is 9.80 Å². The van der Waals surface area contributed by atoms with E-state index in [1.54, 1.807) is 18.5 Å². The van der Waals surface area contributed by atoms with Gasteiger partial charge in [0.2, 0.25) is 11.9 Å². The Morgan fingerprint density at radius 3 is 2.62 bits per heavy atom. The fourth-order valence-electron chi connectivity index (χ4n) is 3.06. The van der Waals surface area contributed by atoms with Gasteiger partial charge in [-0.2, -0.15) is 10.1 Å². The number of nitrogens with zero attached hydrogens (tertiary/aromatic N) is 6. The topological polar surface area (TPSA) is 121 Å². The number of carbonyl (C=O) groups is 1. The fourth-order valence-corrected chi connectivity index (χ4v) is 3.06. The number of aromatic nitrogens is 4. The third-order valence-electron chi connectivity index (χ3n) is 4.36. The number of aryl methyl sites for hydroxylation is 1. The normalized spacial score (nSPS) is 14.0. The van der Waals surface area contributed by atoms with Gasteiger partial charge in [-0.3, -0.25) is 23.3 Å². The average Bonchev–Trinajstić information content (AvgIpc) is 2.91. The first-order valence-electron chi connectivity index (χ1n) is 8.50. The zero-order valence-corrected chi connectivity index (χ0v) is 15.4. The van der Waals surface area contributed by atoms with Crippen molar-refractivity contribution in [1.29, 1.82) is 0 Å². The lowest BCUT2D eigenvalue weighted by atomic mass is 10.1. The Morgan fingerprint density at radius 1 is 1.31 bits per heavy atom. The molecule has 0 saturated heterocycles. The van der Waals surface area contributed by atoms with Crippen LogP contribution in [-0.4, -0.2) is 36.8 Å². The molecule has 0 atom stereocenters. The molecule has 0 aliphatic carbocycles. The zero-order valence-electron chi connectivity index (χ0n) is 15.4. The van der Waals surface area contributed by atoms with Gasteiger partial charge in [0.05, 0.1) is 12.3 Å². The SMILES string of the molecule is CC1=NN(CC(N)=O)c2nc3c(c(=O)n(CCC(C)C)c(=O)n3C)n2C1. The van der Waals surface area contributed by atoms with Crippen LogP contribution in [0.3, 0.4) is 0 Å². The first-order chi connectivity index (χ1) is 12.2. The van der Waals surface area contributed by atoms with Gasteiger partial charge in [0, 0.05) is 13.6 Å². The Kier molecular flexibility index (Phi) is 4.43. The molecule has 0 radical (unpaired) electrons. The summed E-state index contributed by atoms with van der Waals surface area (Å²) in [6.45, 7) is 6.42. The number of primary amides is 1. The van der Waals surface area contributed by atoms with Crippen molar-refractivity contribution in [3.05, 3.63) is 20.8 Å². The summed E-state index contributed by atoms with van der Waals surface area (Å²) in [5.41, 5.74) is 5.81. The third kappa shape index (κ3) is 2.91. The summed E-state index contributed by atoms with van der Waals surface area (Å²) in [4.78, 5) is 41.4. The average molecular weight is 361 g/mol. The molecule has 0 spiro atoms. The highest BCUT2D eigenvalue weighted by molar-refractivity contribution is 5.89. The van der Waals surface area contributed by atoms with Crippen molar-refractivity contribution in [2.75, 3.05) is 11.6 Å². The Labute approximate surface area is 149 Å². The van der Waals surface area contributed by atoms with E-state index in [-0.39, 0.29) is 17.8 Å². The van der Waals surface area contributed by atoms with Gasteiger partial charge < -0.3 is 5.73 Å². The lowest BCUT2D eigenvalue weighted by molar-refractivity contribution is -0.116. The van der Waals surface area contributed by atoms with Crippen LogP contribution in [0.1, 0.15) is 27.2 Å². The maximum Gasteiger partial charge on any atom is 0.332 e. The Balaban J connectivity index is 2.25. The Morgan fingerprint density at radius 2 is 2.00 bits per heavy atom. The lowest BCUT2D eigenvalue weighted by Gasteiger charge is -2.23. The molecule has 26 heavy (non-hydrogen) atoms. The van der Waals surface area contributed by atoms with Crippen LogP contribution in [-0.2, 0) is 24.9 Å². The minimum atomic E-state index is -0.565. The molecule has 3 heterocycles. The summed E-state index contributed by atoms with van der Waals surface area (Å²) in [5.74, 6) is 0.130. The molecule has 2 N–H and O–H groups in total. The molecule has 0 bridgehead atoms. The van der Waals surface area contributed by atoms with Crippen LogP contribution in [0.25, 0.3) is 11.2 Å². The van der Waals surface area contributed by atoms with Crippen LogP contribution >= 0.6 is 0 Å². The first-order valence-corrected chi connectivity index (χ1v) is 8.50. The number of hydrazone groups is 1. The molecule has 140 valence electrons. The molecule has 2 aromatic rings. The van der Waals surface area contributed by atoms with Crippen molar-refractivity contribution < 1.29 is 4.79 Å². The zero-order chi connectivity index (χ0) is 19.2. The summed E-state index contributed by atoms with van der Waals surface area (Å²) < 4.78 is 4.30. The molecule has 2 aromatic heterocycles. The predicted molar refractivity (Wildman–Crippen MR) is 98.3 cm³/mol. The number of anilines is 1. The number of carbonyl (C=O) groups excluding carboxylic acids is 1. The van der Waals surface area contributed by atoms with Crippen LogP contribution in [0.5, 0.6) is 0 Å². The molecule has 0 saturated carbocycles. The van der Waals surface area contributed by atoms with E-state index in [1.807, 2.05) is 13.8 Å². The van der Waals surface area contributed by atoms with Gasteiger partial charge >= 0.3 is 5.69 Å². The minimum Gasteiger partial charge on any atom is -0.368 e. The van der Waals surface area contributed by atoms with Gasteiger partial charge in [-0.1, -0.05) is 13.8 Å². The van der Waals surface area contributed by atoms with E-state index < -0.39 is 11.6 Å². The molecule has 0 aromatic carbocycles. The molecule has 1 aliphatic heterocycles. The van der Waals surface area contributed by atoms with Crippen molar-refractivity contribution in [3.63, 3.8) is 0 Å². The molecule has 3 rings (SSSR count). The summed E-state index contributed by atoms with van der Waals surface area (Å²) in [6.07, 6.45) is 0.718. The number of hydrogen-bond acceptors (Lipinski definition) is 6. The number of amides is 1. The van der Waals surface area contributed by atoms with Crippen molar-refractivity contribution in [2.45, 2.75) is 40.3 Å². The van der Waals surface area contributed by atoms with E-state index in [0.29, 0.717) is 36.2 Å². The summed E-state index contributed by atoms with van der Waals surface area (Å²) in [7, 11) is 1.58. The summed E-state index contributed by atoms with van der Waals surface area (Å²) >= 11 is 0. The van der Waals surface area contributed by atoms with E-state index in [4.69, 9.17) is 5.73 Å². The second-order valence-electron chi connectivity index (χ2n) is 7.01. The second-order valence-corrected chi connectivity index (χ2v) is 7.01. The monoisotopic (exact) mass is 361 g/mol. The number of hydrogen-bond donors (Lipinski definition) is 1. The molecule has 0 fully saturated rings. The van der Waals surface area contributed by atoms with E-state index in [9.17, 15) is 14.4 Å². The smallest absolute Gasteiger partial charge is 0.332 e. The van der Waals surface area contributed by atoms with Crippen molar-refractivity contribution in [3.8, 4) is 0 Å². The fraction of sp³-hybridized carbons (Fsp3) is 0.562. The standard InChI is InChI=1S/C16H23N7O3/c1-9(2)5-6-21-14(25)12-13(20(4)16(21)26)18-15-22(12)7-10(3)19-23(15)8-11(17)24/h9H,5-8H2,1-4H3,(H2,17,24). The lowest BCUT2D eigenvalue weighted by Crippen LogP contribution is -2.40. The number of fused-ring (bicyclic) bond motifs is 3. The van der Waals surface area contributed by atoms with E-state index in [0.717, 1.165) is 6.42 Å². The molecule has 10 heteroatoms. The summed E-state index contributed by atoms with van der Waals surface area (Å²) in [5, 5.41) is 5.66. The summed E-state index contributed by atoms with van der Waals surface area (Å²) in [6, 6.07) is 0. The molecular formula is C16H23N7O3. The molecule has 1 aliphatic rings. The van der Waals surface area contributed by atoms with Gasteiger partial charge in [-0.05, 0) is 19.3 Å². The minimum absolute atomic E-state index is 0.157. The Bertz CT molecular complexity index is 1030. The molecule has 0 unspecified atom stereocenters. The van der Waals surface area contributed by atoms with Crippen molar-refractivity contribution in [2.24, 2.45) is 23.8 Å². The number of nitrogens with two attached hydrogens (primary N) is 1. The molecule has 10 nitrogen and oxygen atoms in total. The van der Waals surface area contributed by atoms with E-state index >= 15 is 0 Å². The van der Waals surface area contributed by atoms with E-state index in [2.05, 4.69) is 10.1 Å². The van der Waals surface area contributed by atoms with Gasteiger partial charge in [0.25, 0.3) is 5.56 Å². The van der Waals surface area contributed by atoms with Gasteiger partial charge in [0.15, 0.2) is 11.2 Å². The highest BCUT2D eigenvalue weighted by Gasteiger charge is 2.27. The molecule has 1 amide bonds. The first kappa shape index (κ1) is 17.9. The van der Waals surface area contributed by atoms with Crippen LogP contribution < -0.4 is 22.0 Å². The highest BCUT2D eigenvalue weighted by atomic mass is 16.2. The quantitative estimate of drug-likeness (QED) is 0.778. The van der Waals surface area contributed by atoms with Crippen LogP contribution in [0.2, 0.25) is 0 Å². The number of imidazole rings is 1. The van der Waals surface area contributed by atoms with Crippen molar-refractivity contribution >= 4 is 28.7 Å². The second kappa shape index (κ2) is 6.43. The van der Waals surface area contributed by atoms with Gasteiger partial charge in [-0.15, -0.1) is 0 Å². The third-order valence-corrected chi connectivity index (χ3v) is 4.36. The van der Waals surface area contributed by atoms with Crippen LogP contribution in [0.4, 0.5) is 5.95 Å². The largest absolute Gasteiger partial charge is 0.368 e. The molecular weight excluding hydrogens is 338 g/mol. The van der Waals surface area contributed by atoms with Crippen LogP contribution in [0.15, 0.2) is 14.7 Å².